The summed E-state index contributed by atoms with van der Waals surface area (Å²) in [6.07, 6.45) is 1.06. The molecule has 0 bridgehead atoms. The van der Waals surface area contributed by atoms with Crippen LogP contribution >= 0.6 is 15.9 Å². The van der Waals surface area contributed by atoms with Gasteiger partial charge in [0.2, 0.25) is 0 Å². The highest BCUT2D eigenvalue weighted by molar-refractivity contribution is 9.10. The molecule has 0 aromatic heterocycles. The molecule has 1 aromatic rings. The molecule has 0 spiro atoms. The first-order valence-corrected chi connectivity index (χ1v) is 6.13. The highest BCUT2D eigenvalue weighted by Crippen LogP contribution is 2.20. The van der Waals surface area contributed by atoms with Gasteiger partial charge in [-0.1, -0.05) is 29.8 Å². The zero-order valence-corrected chi connectivity index (χ0v) is 11.2. The van der Waals surface area contributed by atoms with Gasteiger partial charge in [0.25, 0.3) is 5.91 Å². The average molecular weight is 285 g/mol. The Morgan fingerprint density at radius 3 is 2.75 bits per heavy atom. The van der Waals surface area contributed by atoms with E-state index in [1.807, 2.05) is 12.1 Å². The molecule has 0 aliphatic rings. The van der Waals surface area contributed by atoms with Crippen LogP contribution in [0.4, 0.5) is 5.69 Å². The fourth-order valence-corrected chi connectivity index (χ4v) is 1.73. The first-order chi connectivity index (χ1) is 7.50. The van der Waals surface area contributed by atoms with E-state index in [0.29, 0.717) is 11.5 Å². The summed E-state index contributed by atoms with van der Waals surface area (Å²) in [6.45, 7) is 5.18. The molecule has 1 amide bonds. The van der Waals surface area contributed by atoms with Gasteiger partial charge in [0.1, 0.15) is 0 Å². The Labute approximate surface area is 105 Å². The molecule has 0 heterocycles. The summed E-state index contributed by atoms with van der Waals surface area (Å²) in [5.74, 6) is 0.230. The number of rotatable bonds is 5. The Balaban J connectivity index is 2.75. The Morgan fingerprint density at radius 1 is 1.50 bits per heavy atom. The summed E-state index contributed by atoms with van der Waals surface area (Å²) >= 11 is 3.32. The van der Waals surface area contributed by atoms with Gasteiger partial charge in [0.15, 0.2) is 0 Å². The Kier molecular flexibility index (Phi) is 4.80. The van der Waals surface area contributed by atoms with Crippen molar-refractivity contribution in [3.05, 3.63) is 28.2 Å². The van der Waals surface area contributed by atoms with Gasteiger partial charge < -0.3 is 11.1 Å². The van der Waals surface area contributed by atoms with Crippen LogP contribution in [-0.2, 0) is 0 Å². The SMILES string of the molecule is CC(C)CCNc1ccc(Br)cc1C(N)=O. The maximum atomic E-state index is 11.2. The van der Waals surface area contributed by atoms with Gasteiger partial charge in [-0.3, -0.25) is 4.79 Å². The van der Waals surface area contributed by atoms with Crippen molar-refractivity contribution in [1.82, 2.24) is 0 Å². The van der Waals surface area contributed by atoms with Gasteiger partial charge in [-0.15, -0.1) is 0 Å². The molecule has 0 aliphatic heterocycles. The molecule has 4 heteroatoms. The lowest BCUT2D eigenvalue weighted by Crippen LogP contribution is -2.15. The molecule has 3 nitrogen and oxygen atoms in total. The molecule has 16 heavy (non-hydrogen) atoms. The first-order valence-electron chi connectivity index (χ1n) is 5.34. The summed E-state index contributed by atoms with van der Waals surface area (Å²) in [5, 5.41) is 3.23. The van der Waals surface area contributed by atoms with Crippen LogP contribution in [0.5, 0.6) is 0 Å². The minimum absolute atomic E-state index is 0.409. The summed E-state index contributed by atoms with van der Waals surface area (Å²) in [5.41, 5.74) is 6.64. The van der Waals surface area contributed by atoms with Gasteiger partial charge in [0.05, 0.1) is 5.56 Å². The van der Waals surface area contributed by atoms with Crippen LogP contribution in [-0.4, -0.2) is 12.5 Å². The minimum atomic E-state index is -0.409. The molecule has 3 N–H and O–H groups in total. The molecule has 1 aromatic carbocycles. The molecule has 0 fully saturated rings. The van der Waals surface area contributed by atoms with E-state index in [2.05, 4.69) is 35.1 Å². The van der Waals surface area contributed by atoms with Crippen molar-refractivity contribution in [3.8, 4) is 0 Å². The van der Waals surface area contributed by atoms with Crippen molar-refractivity contribution in [1.29, 1.82) is 0 Å². The zero-order chi connectivity index (χ0) is 12.1. The topological polar surface area (TPSA) is 55.1 Å². The fourth-order valence-electron chi connectivity index (χ4n) is 1.37. The van der Waals surface area contributed by atoms with Crippen molar-refractivity contribution in [3.63, 3.8) is 0 Å². The predicted octanol–water partition coefficient (Wildman–Crippen LogP) is 3.01. The number of carbonyl (C=O) groups excluding carboxylic acids is 1. The van der Waals surface area contributed by atoms with Gasteiger partial charge >= 0.3 is 0 Å². The van der Waals surface area contributed by atoms with E-state index >= 15 is 0 Å². The second-order valence-corrected chi connectivity index (χ2v) is 5.08. The predicted molar refractivity (Wildman–Crippen MR) is 70.6 cm³/mol. The second kappa shape index (κ2) is 5.89. The van der Waals surface area contributed by atoms with Crippen LogP contribution in [0.15, 0.2) is 22.7 Å². The maximum absolute atomic E-state index is 11.2. The van der Waals surface area contributed by atoms with E-state index in [0.717, 1.165) is 23.1 Å². The summed E-state index contributed by atoms with van der Waals surface area (Å²) < 4.78 is 0.857. The third kappa shape index (κ3) is 3.85. The molecule has 0 saturated heterocycles. The molecule has 1 rings (SSSR count). The molecular weight excluding hydrogens is 268 g/mol. The lowest BCUT2D eigenvalue weighted by molar-refractivity contribution is 0.100. The van der Waals surface area contributed by atoms with Crippen LogP contribution in [0.25, 0.3) is 0 Å². The summed E-state index contributed by atoms with van der Waals surface area (Å²) in [4.78, 5) is 11.2. The number of nitrogens with one attached hydrogen (secondary N) is 1. The highest BCUT2D eigenvalue weighted by Gasteiger charge is 2.08. The molecule has 0 saturated carbocycles. The van der Waals surface area contributed by atoms with Crippen LogP contribution in [0.3, 0.4) is 0 Å². The minimum Gasteiger partial charge on any atom is -0.384 e. The number of anilines is 1. The Hall–Kier alpha value is -1.03. The number of nitrogens with two attached hydrogens (primary N) is 1. The van der Waals surface area contributed by atoms with E-state index in [9.17, 15) is 4.79 Å². The van der Waals surface area contributed by atoms with Gasteiger partial charge in [-0.25, -0.2) is 0 Å². The van der Waals surface area contributed by atoms with E-state index in [-0.39, 0.29) is 0 Å². The van der Waals surface area contributed by atoms with Gasteiger partial charge in [-0.2, -0.15) is 0 Å². The number of carbonyl (C=O) groups is 1. The van der Waals surface area contributed by atoms with Crippen molar-refractivity contribution >= 4 is 27.5 Å². The first kappa shape index (κ1) is 13.0. The smallest absolute Gasteiger partial charge is 0.250 e. The maximum Gasteiger partial charge on any atom is 0.250 e. The molecule has 0 atom stereocenters. The quantitative estimate of drug-likeness (QED) is 0.873. The van der Waals surface area contributed by atoms with Crippen LogP contribution in [0, 0.1) is 5.92 Å². The van der Waals surface area contributed by atoms with Crippen LogP contribution < -0.4 is 11.1 Å². The van der Waals surface area contributed by atoms with Crippen molar-refractivity contribution in [2.45, 2.75) is 20.3 Å². The normalized spacial score (nSPS) is 10.5. The Bertz CT molecular complexity index is 377. The van der Waals surface area contributed by atoms with E-state index in [1.165, 1.54) is 0 Å². The van der Waals surface area contributed by atoms with E-state index in [1.54, 1.807) is 6.07 Å². The van der Waals surface area contributed by atoms with Gasteiger partial charge in [0, 0.05) is 16.7 Å². The van der Waals surface area contributed by atoms with Crippen LogP contribution in [0.2, 0.25) is 0 Å². The van der Waals surface area contributed by atoms with E-state index < -0.39 is 5.91 Å². The third-order valence-corrected chi connectivity index (χ3v) is 2.78. The lowest BCUT2D eigenvalue weighted by atomic mass is 10.1. The molecule has 0 unspecified atom stereocenters. The number of halogens is 1. The zero-order valence-electron chi connectivity index (χ0n) is 9.59. The molecule has 88 valence electrons. The molecule has 0 radical (unpaired) electrons. The standard InChI is InChI=1S/C12H17BrN2O/c1-8(2)5-6-15-11-4-3-9(13)7-10(11)12(14)16/h3-4,7-8,15H,5-6H2,1-2H3,(H2,14,16). The average Bonchev–Trinajstić information content (AvgIpc) is 2.19. The second-order valence-electron chi connectivity index (χ2n) is 4.16. The number of hydrogen-bond acceptors (Lipinski definition) is 2. The lowest BCUT2D eigenvalue weighted by Gasteiger charge is -2.11. The van der Waals surface area contributed by atoms with Crippen LogP contribution in [0.1, 0.15) is 30.6 Å². The third-order valence-electron chi connectivity index (χ3n) is 2.28. The highest BCUT2D eigenvalue weighted by atomic mass is 79.9. The monoisotopic (exact) mass is 284 g/mol. The fraction of sp³-hybridized carbons (Fsp3) is 0.417. The number of hydrogen-bond donors (Lipinski definition) is 2. The molecule has 0 aliphatic carbocycles. The summed E-state index contributed by atoms with van der Waals surface area (Å²) in [7, 11) is 0. The Morgan fingerprint density at radius 2 is 2.19 bits per heavy atom. The van der Waals surface area contributed by atoms with Gasteiger partial charge in [-0.05, 0) is 30.5 Å². The number of primary amides is 1. The van der Waals surface area contributed by atoms with E-state index in [4.69, 9.17) is 5.73 Å². The molecular formula is C12H17BrN2O. The van der Waals surface area contributed by atoms with Crippen molar-refractivity contribution in [2.75, 3.05) is 11.9 Å². The number of amides is 1. The largest absolute Gasteiger partial charge is 0.384 e. The summed E-state index contributed by atoms with van der Waals surface area (Å²) in [6, 6.07) is 5.49. The number of benzene rings is 1. The van der Waals surface area contributed by atoms with Crippen molar-refractivity contribution in [2.24, 2.45) is 11.7 Å². The van der Waals surface area contributed by atoms with Crippen molar-refractivity contribution < 1.29 is 4.79 Å².